The van der Waals surface area contributed by atoms with Gasteiger partial charge >= 0.3 is 5.97 Å². The number of nitriles is 1. The summed E-state index contributed by atoms with van der Waals surface area (Å²) in [7, 11) is 0. The Morgan fingerprint density at radius 2 is 2.45 bits per heavy atom. The average molecular weight is 148 g/mol. The van der Waals surface area contributed by atoms with Gasteiger partial charge in [0.05, 0.1) is 0 Å². The lowest BCUT2D eigenvalue weighted by atomic mass is 10.4. The van der Waals surface area contributed by atoms with Crippen LogP contribution in [-0.4, -0.2) is 11.0 Å². The lowest BCUT2D eigenvalue weighted by Crippen LogP contribution is -2.02. The summed E-state index contributed by atoms with van der Waals surface area (Å²) in [6, 6.07) is 4.78. The van der Waals surface area contributed by atoms with Gasteiger partial charge in [-0.3, -0.25) is 0 Å². The van der Waals surface area contributed by atoms with Crippen molar-refractivity contribution in [2.45, 2.75) is 0 Å². The Hall–Kier alpha value is -1.89. The maximum absolute atomic E-state index is 10.7. The molecule has 0 fully saturated rings. The van der Waals surface area contributed by atoms with Crippen LogP contribution in [0.5, 0.6) is 0 Å². The summed E-state index contributed by atoms with van der Waals surface area (Å²) in [6.45, 7) is 0. The third-order valence-electron chi connectivity index (χ3n) is 1.01. The SMILES string of the molecule is N#COC(=O)c1ccccn1. The molecule has 4 heteroatoms. The summed E-state index contributed by atoms with van der Waals surface area (Å²) in [5.41, 5.74) is 0.133. The number of hydrogen-bond donors (Lipinski definition) is 0. The van der Waals surface area contributed by atoms with Gasteiger partial charge in [-0.25, -0.2) is 9.78 Å². The van der Waals surface area contributed by atoms with Crippen LogP contribution in [0.4, 0.5) is 0 Å². The van der Waals surface area contributed by atoms with Crippen molar-refractivity contribution in [3.63, 3.8) is 0 Å². The van der Waals surface area contributed by atoms with Gasteiger partial charge in [0.15, 0.2) is 0 Å². The predicted octanol–water partition coefficient (Wildman–Crippen LogP) is 0.719. The zero-order valence-corrected chi connectivity index (χ0v) is 5.52. The van der Waals surface area contributed by atoms with E-state index in [2.05, 4.69) is 9.72 Å². The highest BCUT2D eigenvalue weighted by Crippen LogP contribution is 1.94. The van der Waals surface area contributed by atoms with E-state index in [0.29, 0.717) is 0 Å². The van der Waals surface area contributed by atoms with Crippen molar-refractivity contribution >= 4 is 5.97 Å². The smallest absolute Gasteiger partial charge is 0.346 e. The fraction of sp³-hybridized carbons (Fsp3) is 0. The maximum Gasteiger partial charge on any atom is 0.372 e. The van der Waals surface area contributed by atoms with Crippen molar-refractivity contribution in [1.29, 1.82) is 5.26 Å². The highest BCUT2D eigenvalue weighted by Gasteiger charge is 2.05. The molecule has 1 rings (SSSR count). The Kier molecular flexibility index (Phi) is 2.18. The average Bonchev–Trinajstić information content (AvgIpc) is 2.07. The second-order valence-electron chi connectivity index (χ2n) is 1.70. The minimum atomic E-state index is -0.729. The molecule has 1 heterocycles. The molecule has 0 aliphatic heterocycles. The summed E-state index contributed by atoms with van der Waals surface area (Å²) in [4.78, 5) is 14.4. The van der Waals surface area contributed by atoms with Crippen LogP contribution in [0.2, 0.25) is 0 Å². The summed E-state index contributed by atoms with van der Waals surface area (Å²) >= 11 is 0. The molecule has 1 aromatic rings. The molecular formula is C7H4N2O2. The van der Waals surface area contributed by atoms with E-state index in [-0.39, 0.29) is 5.69 Å². The van der Waals surface area contributed by atoms with E-state index in [1.807, 2.05) is 0 Å². The normalized spacial score (nSPS) is 8.27. The molecule has 0 atom stereocenters. The van der Waals surface area contributed by atoms with E-state index in [1.54, 1.807) is 12.1 Å². The van der Waals surface area contributed by atoms with E-state index >= 15 is 0 Å². The molecule has 0 aliphatic rings. The first-order valence-electron chi connectivity index (χ1n) is 2.86. The van der Waals surface area contributed by atoms with Gasteiger partial charge in [-0.2, -0.15) is 0 Å². The molecule has 0 aromatic carbocycles. The second kappa shape index (κ2) is 3.32. The molecule has 0 N–H and O–H groups in total. The van der Waals surface area contributed by atoms with Crippen LogP contribution in [0.1, 0.15) is 10.5 Å². The second-order valence-corrected chi connectivity index (χ2v) is 1.70. The number of aromatic nitrogens is 1. The van der Waals surface area contributed by atoms with Crippen LogP contribution in [0.25, 0.3) is 0 Å². The standard InChI is InChI=1S/C7H4N2O2/c8-5-11-7(10)6-3-1-2-4-9-6/h1-4H. The molecule has 11 heavy (non-hydrogen) atoms. The quantitative estimate of drug-likeness (QED) is 0.434. The molecule has 0 radical (unpaired) electrons. The first kappa shape index (κ1) is 7.22. The van der Waals surface area contributed by atoms with Crippen LogP contribution in [-0.2, 0) is 4.74 Å². The minimum absolute atomic E-state index is 0.133. The van der Waals surface area contributed by atoms with Crippen LogP contribution >= 0.6 is 0 Å². The largest absolute Gasteiger partial charge is 0.372 e. The van der Waals surface area contributed by atoms with Crippen LogP contribution in [0.3, 0.4) is 0 Å². The minimum Gasteiger partial charge on any atom is -0.346 e. The van der Waals surface area contributed by atoms with Crippen molar-refractivity contribution in [1.82, 2.24) is 4.98 Å². The molecule has 54 valence electrons. The first-order valence-corrected chi connectivity index (χ1v) is 2.86. The molecule has 0 amide bonds. The molecule has 0 unspecified atom stereocenters. The van der Waals surface area contributed by atoms with Crippen molar-refractivity contribution in [3.8, 4) is 6.26 Å². The topological polar surface area (TPSA) is 63.0 Å². The van der Waals surface area contributed by atoms with E-state index in [9.17, 15) is 4.79 Å². The number of esters is 1. The molecule has 1 aromatic heterocycles. The Labute approximate surface area is 63.0 Å². The third-order valence-corrected chi connectivity index (χ3v) is 1.01. The Bertz CT molecular complexity index is 289. The first-order chi connectivity index (χ1) is 5.34. The lowest BCUT2D eigenvalue weighted by Gasteiger charge is -1.91. The highest BCUT2D eigenvalue weighted by molar-refractivity contribution is 5.87. The van der Waals surface area contributed by atoms with E-state index in [4.69, 9.17) is 5.26 Å². The van der Waals surface area contributed by atoms with Crippen LogP contribution in [0, 0.1) is 11.5 Å². The van der Waals surface area contributed by atoms with Gasteiger partial charge in [0, 0.05) is 6.20 Å². The summed E-state index contributed by atoms with van der Waals surface area (Å²) in [5.74, 6) is -0.729. The Morgan fingerprint density at radius 1 is 1.64 bits per heavy atom. The molecule has 4 nitrogen and oxygen atoms in total. The zero-order valence-electron chi connectivity index (χ0n) is 5.52. The fourth-order valence-corrected chi connectivity index (χ4v) is 0.577. The van der Waals surface area contributed by atoms with Gasteiger partial charge in [-0.1, -0.05) is 6.07 Å². The lowest BCUT2D eigenvalue weighted by molar-refractivity contribution is 0.0679. The number of carbonyl (C=O) groups is 1. The van der Waals surface area contributed by atoms with Crippen molar-refractivity contribution in [3.05, 3.63) is 30.1 Å². The summed E-state index contributed by atoms with van der Waals surface area (Å²) < 4.78 is 4.03. The van der Waals surface area contributed by atoms with Crippen molar-refractivity contribution in [2.75, 3.05) is 0 Å². The molecule has 0 saturated heterocycles. The zero-order chi connectivity index (χ0) is 8.10. The molecule has 0 bridgehead atoms. The van der Waals surface area contributed by atoms with Gasteiger partial charge in [0.2, 0.25) is 0 Å². The Balaban J connectivity index is 2.79. The number of ether oxygens (including phenoxy) is 1. The van der Waals surface area contributed by atoms with Gasteiger partial charge < -0.3 is 4.74 Å². The number of carbonyl (C=O) groups excluding carboxylic acids is 1. The van der Waals surface area contributed by atoms with Gasteiger partial charge in [0.1, 0.15) is 5.69 Å². The van der Waals surface area contributed by atoms with Crippen molar-refractivity contribution in [2.24, 2.45) is 0 Å². The molecule has 0 spiro atoms. The summed E-state index contributed by atoms with van der Waals surface area (Å²) in [6.07, 6.45) is 2.73. The van der Waals surface area contributed by atoms with Gasteiger partial charge in [-0.05, 0) is 12.1 Å². The fourth-order valence-electron chi connectivity index (χ4n) is 0.577. The highest BCUT2D eigenvalue weighted by atomic mass is 16.5. The number of hydrogen-bond acceptors (Lipinski definition) is 4. The maximum atomic E-state index is 10.7. The van der Waals surface area contributed by atoms with E-state index in [1.165, 1.54) is 18.5 Å². The number of pyridine rings is 1. The van der Waals surface area contributed by atoms with Crippen LogP contribution in [0.15, 0.2) is 24.4 Å². The monoisotopic (exact) mass is 148 g/mol. The molecule has 0 saturated carbocycles. The van der Waals surface area contributed by atoms with E-state index in [0.717, 1.165) is 0 Å². The van der Waals surface area contributed by atoms with Gasteiger partial charge in [-0.15, -0.1) is 5.26 Å². The summed E-state index contributed by atoms with van der Waals surface area (Å²) in [5, 5.41) is 7.98. The Morgan fingerprint density at radius 3 is 3.00 bits per heavy atom. The van der Waals surface area contributed by atoms with E-state index < -0.39 is 5.97 Å². The molecular weight excluding hydrogens is 144 g/mol. The molecule has 0 aliphatic carbocycles. The number of nitrogens with zero attached hydrogens (tertiary/aromatic N) is 2. The number of rotatable bonds is 1. The van der Waals surface area contributed by atoms with Crippen molar-refractivity contribution < 1.29 is 9.53 Å². The predicted molar refractivity (Wildman–Crippen MR) is 35.3 cm³/mol. The van der Waals surface area contributed by atoms with Gasteiger partial charge in [0.25, 0.3) is 6.26 Å². The third kappa shape index (κ3) is 1.76. The van der Waals surface area contributed by atoms with Crippen LogP contribution < -0.4 is 0 Å².